The Morgan fingerprint density at radius 2 is 1.78 bits per heavy atom. The number of carbonyl (C=O) groups excluding carboxylic acids is 2. The highest BCUT2D eigenvalue weighted by Gasteiger charge is 2.31. The van der Waals surface area contributed by atoms with Crippen molar-refractivity contribution in [3.05, 3.63) is 88.4 Å². The second kappa shape index (κ2) is 13.0. The summed E-state index contributed by atoms with van der Waals surface area (Å²) in [5.41, 5.74) is 2.12. The lowest BCUT2D eigenvalue weighted by atomic mass is 9.99. The zero-order valence-electron chi connectivity index (χ0n) is 28.3. The molecule has 14 nitrogen and oxygen atoms in total. The molecule has 15 heteroatoms. The highest BCUT2D eigenvalue weighted by molar-refractivity contribution is 7.90. The Bertz CT molecular complexity index is 2260. The molecule has 0 spiro atoms. The van der Waals surface area contributed by atoms with Crippen LogP contribution in [0.15, 0.2) is 72.0 Å². The summed E-state index contributed by atoms with van der Waals surface area (Å²) >= 11 is 0. The third-order valence-corrected chi connectivity index (χ3v) is 10.1. The van der Waals surface area contributed by atoms with Gasteiger partial charge in [0.25, 0.3) is 15.9 Å². The number of aromatic nitrogens is 3. The molecule has 0 saturated carbocycles. The molecule has 2 N–H and O–H groups in total. The number of benzene rings is 2. The van der Waals surface area contributed by atoms with Gasteiger partial charge in [0.1, 0.15) is 17.5 Å². The summed E-state index contributed by atoms with van der Waals surface area (Å²) in [6.45, 7) is 7.95. The molecular weight excluding hydrogens is 662 g/mol. The predicted molar refractivity (Wildman–Crippen MR) is 189 cm³/mol. The number of nitro groups is 1. The molecule has 260 valence electrons. The largest absolute Gasteiger partial charge is 0.444 e. The number of hydrogen-bond donors (Lipinski definition) is 2. The number of carbonyl (C=O) groups is 2. The van der Waals surface area contributed by atoms with Gasteiger partial charge in [0, 0.05) is 54.9 Å². The van der Waals surface area contributed by atoms with Crippen LogP contribution < -0.4 is 15.5 Å². The van der Waals surface area contributed by atoms with E-state index in [9.17, 15) is 28.1 Å². The van der Waals surface area contributed by atoms with Crippen LogP contribution >= 0.6 is 0 Å². The van der Waals surface area contributed by atoms with Crippen molar-refractivity contribution in [2.24, 2.45) is 0 Å². The molecule has 0 unspecified atom stereocenters. The lowest BCUT2D eigenvalue weighted by molar-refractivity contribution is -0.384. The number of amides is 2. The number of hydrogen-bond acceptors (Lipinski definition) is 10. The van der Waals surface area contributed by atoms with Gasteiger partial charge in [0.05, 0.1) is 20.9 Å². The van der Waals surface area contributed by atoms with Crippen molar-refractivity contribution >= 4 is 55.3 Å². The average molecular weight is 700 g/mol. The minimum Gasteiger partial charge on any atom is -0.444 e. The molecule has 0 bridgehead atoms. The number of fused-ring (bicyclic) bond motifs is 2. The molecule has 2 aromatic carbocycles. The van der Waals surface area contributed by atoms with E-state index in [2.05, 4.69) is 20.6 Å². The minimum atomic E-state index is -4.12. The van der Waals surface area contributed by atoms with E-state index < -0.39 is 32.5 Å². The van der Waals surface area contributed by atoms with Gasteiger partial charge in [0.2, 0.25) is 0 Å². The Balaban J connectivity index is 1.50. The van der Waals surface area contributed by atoms with E-state index in [0.717, 1.165) is 9.54 Å². The second-order valence-electron chi connectivity index (χ2n) is 13.2. The molecule has 50 heavy (non-hydrogen) atoms. The van der Waals surface area contributed by atoms with Gasteiger partial charge in [-0.1, -0.05) is 23.8 Å². The van der Waals surface area contributed by atoms with Crippen molar-refractivity contribution in [2.45, 2.75) is 57.1 Å². The van der Waals surface area contributed by atoms with Crippen molar-refractivity contribution in [2.75, 3.05) is 25.0 Å². The number of alkyl carbamates (subject to hydrolysis) is 1. The van der Waals surface area contributed by atoms with E-state index in [1.165, 1.54) is 37.8 Å². The summed E-state index contributed by atoms with van der Waals surface area (Å²) in [6, 6.07) is 12.9. The standard InChI is InChI=1S/C35H37N7O7S/c1-21-8-11-25(12-9-21)50(47,48)41-20-28(26-16-23(33(43)36-5)17-38-32(26)41)22-10-13-29-27(15-22)31(30(18-37-29)42(45)46)40-14-6-7-24(19-40)39-34(44)49-35(2,3)4/h8-13,15-18,20,24H,6-7,14,19H2,1-5H3,(H,36,43)(H,39,44)/t24-/m0/s1. The molecule has 0 radical (unpaired) electrons. The smallest absolute Gasteiger partial charge is 0.407 e. The summed E-state index contributed by atoms with van der Waals surface area (Å²) in [5.74, 6) is -0.403. The molecule has 1 aliphatic rings. The number of pyridine rings is 2. The van der Waals surface area contributed by atoms with Gasteiger partial charge in [-0.05, 0) is 76.4 Å². The number of aryl methyl sites for hydroxylation is 1. The van der Waals surface area contributed by atoms with Gasteiger partial charge in [-0.2, -0.15) is 0 Å². The lowest BCUT2D eigenvalue weighted by Crippen LogP contribution is -2.49. The molecule has 6 rings (SSSR count). The number of piperidine rings is 1. The van der Waals surface area contributed by atoms with E-state index >= 15 is 0 Å². The van der Waals surface area contributed by atoms with E-state index in [0.29, 0.717) is 52.5 Å². The highest BCUT2D eigenvalue weighted by Crippen LogP contribution is 2.40. The number of anilines is 1. The van der Waals surface area contributed by atoms with Crippen molar-refractivity contribution in [1.29, 1.82) is 0 Å². The molecule has 1 atom stereocenters. The zero-order valence-corrected chi connectivity index (χ0v) is 29.1. The summed E-state index contributed by atoms with van der Waals surface area (Å²) in [4.78, 5) is 47.8. The maximum Gasteiger partial charge on any atom is 0.407 e. The topological polar surface area (TPSA) is 179 Å². The van der Waals surface area contributed by atoms with E-state index in [1.54, 1.807) is 57.2 Å². The molecule has 1 saturated heterocycles. The first-order valence-corrected chi connectivity index (χ1v) is 17.5. The number of rotatable bonds is 7. The van der Waals surface area contributed by atoms with Crippen LogP contribution in [0.4, 0.5) is 16.2 Å². The molecule has 4 heterocycles. The predicted octanol–water partition coefficient (Wildman–Crippen LogP) is 5.56. The fourth-order valence-corrected chi connectivity index (χ4v) is 7.48. The Morgan fingerprint density at radius 3 is 2.46 bits per heavy atom. The van der Waals surface area contributed by atoms with Crippen LogP contribution in [-0.2, 0) is 14.8 Å². The van der Waals surface area contributed by atoms with Crippen molar-refractivity contribution < 1.29 is 27.7 Å². The lowest BCUT2D eigenvalue weighted by Gasteiger charge is -2.35. The second-order valence-corrected chi connectivity index (χ2v) is 15.1. The summed E-state index contributed by atoms with van der Waals surface area (Å²) in [5, 5.41) is 18.7. The maximum absolute atomic E-state index is 14.0. The molecule has 0 aliphatic carbocycles. The monoisotopic (exact) mass is 699 g/mol. The minimum absolute atomic E-state index is 0.0593. The Kier molecular flexibility index (Phi) is 8.95. The molecule has 5 aromatic rings. The quantitative estimate of drug-likeness (QED) is 0.161. The number of nitrogens with one attached hydrogen (secondary N) is 2. The van der Waals surface area contributed by atoms with Crippen molar-refractivity contribution in [3.63, 3.8) is 0 Å². The van der Waals surface area contributed by atoms with Crippen molar-refractivity contribution in [1.82, 2.24) is 24.6 Å². The summed E-state index contributed by atoms with van der Waals surface area (Å²) in [6.07, 6.45) is 4.74. The van der Waals surface area contributed by atoms with Crippen LogP contribution in [0.5, 0.6) is 0 Å². The zero-order chi connectivity index (χ0) is 36.0. The Hall–Kier alpha value is -5.57. The fraction of sp³-hybridized carbons (Fsp3) is 0.314. The first kappa shape index (κ1) is 34.3. The van der Waals surface area contributed by atoms with Gasteiger partial charge < -0.3 is 20.3 Å². The van der Waals surface area contributed by atoms with E-state index in [1.807, 2.05) is 11.8 Å². The molecule has 3 aromatic heterocycles. The normalized spacial score (nSPS) is 15.2. The van der Waals surface area contributed by atoms with Gasteiger partial charge >= 0.3 is 11.8 Å². The third-order valence-electron chi connectivity index (χ3n) is 8.47. The molecule has 1 fully saturated rings. The van der Waals surface area contributed by atoms with Crippen LogP contribution in [0.25, 0.3) is 33.1 Å². The molecule has 2 amide bonds. The first-order valence-electron chi connectivity index (χ1n) is 16.0. The van der Waals surface area contributed by atoms with Crippen LogP contribution in [0.2, 0.25) is 0 Å². The fourth-order valence-electron chi connectivity index (χ4n) is 6.16. The number of ether oxygens (including phenoxy) is 1. The maximum atomic E-state index is 14.0. The van der Waals surface area contributed by atoms with Gasteiger partial charge in [-0.15, -0.1) is 0 Å². The third kappa shape index (κ3) is 6.68. The highest BCUT2D eigenvalue weighted by atomic mass is 32.2. The van der Waals surface area contributed by atoms with Crippen LogP contribution in [-0.4, -0.2) is 71.1 Å². The average Bonchev–Trinajstić information content (AvgIpc) is 3.46. The Morgan fingerprint density at radius 1 is 1.04 bits per heavy atom. The van der Waals surface area contributed by atoms with E-state index in [-0.39, 0.29) is 34.4 Å². The van der Waals surface area contributed by atoms with Crippen LogP contribution in [0, 0.1) is 17.0 Å². The van der Waals surface area contributed by atoms with Crippen LogP contribution in [0.3, 0.4) is 0 Å². The van der Waals surface area contributed by atoms with Gasteiger partial charge in [-0.3, -0.25) is 14.9 Å². The van der Waals surface area contributed by atoms with Gasteiger partial charge in [0.15, 0.2) is 5.65 Å². The first-order chi connectivity index (χ1) is 23.7. The van der Waals surface area contributed by atoms with Gasteiger partial charge in [-0.25, -0.2) is 27.2 Å². The van der Waals surface area contributed by atoms with Crippen LogP contribution in [0.1, 0.15) is 49.5 Å². The summed E-state index contributed by atoms with van der Waals surface area (Å²) in [7, 11) is -2.64. The van der Waals surface area contributed by atoms with E-state index in [4.69, 9.17) is 4.74 Å². The SMILES string of the molecule is CNC(=O)c1cnc2c(c1)c(-c1ccc3ncc([N+](=O)[O-])c(N4CCC[C@H](NC(=O)OC(C)(C)C)C4)c3c1)cn2S(=O)(=O)c1ccc(C)cc1. The molecular formula is C35H37N7O7S. The Labute approximate surface area is 288 Å². The molecule has 1 aliphatic heterocycles. The summed E-state index contributed by atoms with van der Waals surface area (Å²) < 4.78 is 34.5. The van der Waals surface area contributed by atoms with Crippen molar-refractivity contribution in [3.8, 4) is 11.1 Å². The number of nitrogens with zero attached hydrogens (tertiary/aromatic N) is 5.